The number of carbonyl (C=O) groups is 1. The van der Waals surface area contributed by atoms with Crippen LogP contribution in [0, 0.1) is 11.3 Å². The smallest absolute Gasteiger partial charge is 0.257 e. The third-order valence-electron chi connectivity index (χ3n) is 4.67. The lowest BCUT2D eigenvalue weighted by atomic mass is 9.99. The molecule has 5 heteroatoms. The molecule has 1 saturated heterocycles. The first kappa shape index (κ1) is 17.0. The number of anilines is 2. The van der Waals surface area contributed by atoms with E-state index in [0.29, 0.717) is 22.9 Å². The van der Waals surface area contributed by atoms with E-state index in [1.165, 1.54) is 19.3 Å². The zero-order valence-electron chi connectivity index (χ0n) is 14.4. The molecule has 5 nitrogen and oxygen atoms in total. The van der Waals surface area contributed by atoms with Gasteiger partial charge in [0.15, 0.2) is 0 Å². The van der Waals surface area contributed by atoms with E-state index in [9.17, 15) is 4.79 Å². The number of piperidine rings is 1. The highest BCUT2D eigenvalue weighted by atomic mass is 16.1. The molecule has 1 amide bonds. The molecule has 2 heterocycles. The summed E-state index contributed by atoms with van der Waals surface area (Å²) in [5.41, 5.74) is 2.66. The molecule has 1 aromatic carbocycles. The van der Waals surface area contributed by atoms with Crippen molar-refractivity contribution in [2.45, 2.75) is 38.6 Å². The number of rotatable bonds is 4. The Bertz CT molecular complexity index is 796. The Kier molecular flexibility index (Phi) is 5.30. The van der Waals surface area contributed by atoms with Crippen molar-refractivity contribution in [2.75, 3.05) is 16.8 Å². The molecule has 1 N–H and O–H groups in total. The molecule has 1 unspecified atom stereocenters. The lowest BCUT2D eigenvalue weighted by Crippen LogP contribution is -2.39. The molecular weight excluding hydrogens is 312 g/mol. The normalized spacial score (nSPS) is 17.0. The monoisotopic (exact) mass is 334 g/mol. The van der Waals surface area contributed by atoms with Gasteiger partial charge in [-0.3, -0.25) is 9.78 Å². The average molecular weight is 334 g/mol. The molecule has 1 fully saturated rings. The van der Waals surface area contributed by atoms with E-state index in [1.807, 2.05) is 12.3 Å². The number of carbonyl (C=O) groups excluding carboxylic acids is 1. The summed E-state index contributed by atoms with van der Waals surface area (Å²) < 4.78 is 0. The van der Waals surface area contributed by atoms with Gasteiger partial charge in [-0.25, -0.2) is 0 Å². The summed E-state index contributed by atoms with van der Waals surface area (Å²) in [6, 6.07) is 11.4. The Morgan fingerprint density at radius 3 is 3.04 bits per heavy atom. The van der Waals surface area contributed by atoms with Gasteiger partial charge in [-0.2, -0.15) is 5.26 Å². The second kappa shape index (κ2) is 7.80. The zero-order valence-corrected chi connectivity index (χ0v) is 14.4. The molecule has 2 aromatic rings. The number of amides is 1. The van der Waals surface area contributed by atoms with Gasteiger partial charge in [0.2, 0.25) is 0 Å². The van der Waals surface area contributed by atoms with E-state index in [-0.39, 0.29) is 5.91 Å². The maximum atomic E-state index is 12.5. The van der Waals surface area contributed by atoms with Crippen LogP contribution < -0.4 is 10.2 Å². The van der Waals surface area contributed by atoms with E-state index in [2.05, 4.69) is 28.2 Å². The average Bonchev–Trinajstić information content (AvgIpc) is 2.68. The molecule has 128 valence electrons. The Balaban J connectivity index is 1.78. The minimum atomic E-state index is -0.213. The number of benzene rings is 1. The van der Waals surface area contributed by atoms with Gasteiger partial charge in [0.25, 0.3) is 5.91 Å². The first-order chi connectivity index (χ1) is 12.2. The fourth-order valence-corrected chi connectivity index (χ4v) is 3.34. The summed E-state index contributed by atoms with van der Waals surface area (Å²) >= 11 is 0. The third-order valence-corrected chi connectivity index (χ3v) is 4.67. The molecule has 0 radical (unpaired) electrons. The Labute approximate surface area is 148 Å². The SMILES string of the molecule is CCC1CCCCN1c1cncc(C(=O)Nc2cccc(C#N)c2)c1. The van der Waals surface area contributed by atoms with Crippen LogP contribution in [0.15, 0.2) is 42.7 Å². The predicted molar refractivity (Wildman–Crippen MR) is 98.6 cm³/mol. The number of nitrogens with one attached hydrogen (secondary N) is 1. The van der Waals surface area contributed by atoms with E-state index in [0.717, 1.165) is 18.7 Å². The van der Waals surface area contributed by atoms with Crippen LogP contribution in [0.3, 0.4) is 0 Å². The van der Waals surface area contributed by atoms with Gasteiger partial charge in [0, 0.05) is 24.5 Å². The number of nitriles is 1. The molecule has 0 spiro atoms. The first-order valence-corrected chi connectivity index (χ1v) is 8.74. The van der Waals surface area contributed by atoms with Crippen LogP contribution in [0.4, 0.5) is 11.4 Å². The maximum absolute atomic E-state index is 12.5. The highest BCUT2D eigenvalue weighted by Gasteiger charge is 2.22. The van der Waals surface area contributed by atoms with Crippen molar-refractivity contribution in [3.63, 3.8) is 0 Å². The van der Waals surface area contributed by atoms with Crippen LogP contribution in [0.1, 0.15) is 48.5 Å². The molecule has 0 bridgehead atoms. The number of hydrogen-bond acceptors (Lipinski definition) is 4. The van der Waals surface area contributed by atoms with Crippen molar-refractivity contribution in [3.05, 3.63) is 53.9 Å². The van der Waals surface area contributed by atoms with Gasteiger partial charge in [-0.15, -0.1) is 0 Å². The molecule has 0 saturated carbocycles. The summed E-state index contributed by atoms with van der Waals surface area (Å²) in [6.07, 6.45) is 8.13. The van der Waals surface area contributed by atoms with E-state index in [1.54, 1.807) is 30.5 Å². The first-order valence-electron chi connectivity index (χ1n) is 8.74. The van der Waals surface area contributed by atoms with Crippen molar-refractivity contribution < 1.29 is 4.79 Å². The molecule has 1 atom stereocenters. The van der Waals surface area contributed by atoms with E-state index in [4.69, 9.17) is 5.26 Å². The van der Waals surface area contributed by atoms with Crippen LogP contribution in [0.5, 0.6) is 0 Å². The molecule has 25 heavy (non-hydrogen) atoms. The lowest BCUT2D eigenvalue weighted by Gasteiger charge is -2.37. The Morgan fingerprint density at radius 1 is 1.36 bits per heavy atom. The molecule has 1 aliphatic heterocycles. The van der Waals surface area contributed by atoms with Crippen LogP contribution in [-0.2, 0) is 0 Å². The quantitative estimate of drug-likeness (QED) is 0.918. The van der Waals surface area contributed by atoms with Crippen molar-refractivity contribution in [1.29, 1.82) is 5.26 Å². The van der Waals surface area contributed by atoms with E-state index < -0.39 is 0 Å². The zero-order chi connectivity index (χ0) is 17.6. The van der Waals surface area contributed by atoms with Gasteiger partial charge < -0.3 is 10.2 Å². The number of hydrogen-bond donors (Lipinski definition) is 1. The highest BCUT2D eigenvalue weighted by molar-refractivity contribution is 6.04. The van der Waals surface area contributed by atoms with Crippen molar-refractivity contribution in [1.82, 2.24) is 4.98 Å². The second-order valence-electron chi connectivity index (χ2n) is 6.33. The fraction of sp³-hybridized carbons (Fsp3) is 0.350. The highest BCUT2D eigenvalue weighted by Crippen LogP contribution is 2.26. The number of aromatic nitrogens is 1. The van der Waals surface area contributed by atoms with Gasteiger partial charge in [-0.1, -0.05) is 13.0 Å². The summed E-state index contributed by atoms with van der Waals surface area (Å²) in [4.78, 5) is 19.2. The van der Waals surface area contributed by atoms with Crippen molar-refractivity contribution in [2.24, 2.45) is 0 Å². The van der Waals surface area contributed by atoms with Crippen molar-refractivity contribution >= 4 is 17.3 Å². The Hall–Kier alpha value is -2.87. The standard InChI is InChI=1S/C20H22N4O/c1-2-18-8-3-4-9-24(18)19-11-16(13-22-14-19)20(25)23-17-7-5-6-15(10-17)12-21/h5-7,10-11,13-14,18H,2-4,8-9H2,1H3,(H,23,25). The van der Waals surface area contributed by atoms with Crippen LogP contribution in [0.25, 0.3) is 0 Å². The minimum Gasteiger partial charge on any atom is -0.367 e. The Morgan fingerprint density at radius 2 is 2.24 bits per heavy atom. The topological polar surface area (TPSA) is 69.0 Å². The number of nitrogens with zero attached hydrogens (tertiary/aromatic N) is 3. The number of pyridine rings is 1. The van der Waals surface area contributed by atoms with Crippen LogP contribution in [0.2, 0.25) is 0 Å². The maximum Gasteiger partial charge on any atom is 0.257 e. The van der Waals surface area contributed by atoms with Gasteiger partial charge >= 0.3 is 0 Å². The molecule has 3 rings (SSSR count). The molecule has 0 aliphatic carbocycles. The summed E-state index contributed by atoms with van der Waals surface area (Å²) in [6.45, 7) is 3.21. The predicted octanol–water partition coefficient (Wildman–Crippen LogP) is 3.97. The second-order valence-corrected chi connectivity index (χ2v) is 6.33. The molecular formula is C20H22N4O. The fourth-order valence-electron chi connectivity index (χ4n) is 3.34. The summed E-state index contributed by atoms with van der Waals surface area (Å²) in [7, 11) is 0. The largest absolute Gasteiger partial charge is 0.367 e. The lowest BCUT2D eigenvalue weighted by molar-refractivity contribution is 0.102. The van der Waals surface area contributed by atoms with Crippen molar-refractivity contribution in [3.8, 4) is 6.07 Å². The molecule has 1 aliphatic rings. The third kappa shape index (κ3) is 3.97. The van der Waals surface area contributed by atoms with Crippen LogP contribution in [-0.4, -0.2) is 23.5 Å². The van der Waals surface area contributed by atoms with Gasteiger partial charge in [0.05, 0.1) is 29.1 Å². The van der Waals surface area contributed by atoms with E-state index >= 15 is 0 Å². The minimum absolute atomic E-state index is 0.213. The van der Waals surface area contributed by atoms with Gasteiger partial charge in [0.1, 0.15) is 0 Å². The summed E-state index contributed by atoms with van der Waals surface area (Å²) in [5, 5.41) is 11.8. The summed E-state index contributed by atoms with van der Waals surface area (Å²) in [5.74, 6) is -0.213. The van der Waals surface area contributed by atoms with Crippen LogP contribution >= 0.6 is 0 Å². The van der Waals surface area contributed by atoms with Gasteiger partial charge in [-0.05, 0) is 49.9 Å². The molecule has 1 aromatic heterocycles.